The quantitative estimate of drug-likeness (QED) is 0.631. The van der Waals surface area contributed by atoms with Crippen LogP contribution < -0.4 is 4.90 Å². The summed E-state index contributed by atoms with van der Waals surface area (Å²) in [5, 5.41) is 11.0. The van der Waals surface area contributed by atoms with Gasteiger partial charge in [0.25, 0.3) is 0 Å². The fraction of sp³-hybridized carbons (Fsp3) is 0.385. The summed E-state index contributed by atoms with van der Waals surface area (Å²) in [6.45, 7) is 1.53. The first-order valence-electron chi connectivity index (χ1n) is 6.57. The zero-order valence-corrected chi connectivity index (χ0v) is 10.9. The second-order valence-electron chi connectivity index (χ2n) is 4.83. The summed E-state index contributed by atoms with van der Waals surface area (Å²) in [7, 11) is 0. The molecule has 0 amide bonds. The monoisotopic (exact) mass is 273 g/mol. The zero-order valence-electron chi connectivity index (χ0n) is 10.9. The molecule has 20 heavy (non-hydrogen) atoms. The summed E-state index contributed by atoms with van der Waals surface area (Å²) in [5.74, 6) is 0.474. The molecule has 7 heteroatoms. The van der Waals surface area contributed by atoms with E-state index in [2.05, 4.69) is 14.5 Å². The molecule has 0 aliphatic carbocycles. The maximum absolute atomic E-state index is 11.0. The SMILES string of the molecule is O=[N+]([O-])c1cccnc1N1CCC(n2ccnc2)CC1. The van der Waals surface area contributed by atoms with E-state index in [1.807, 2.05) is 17.4 Å². The van der Waals surface area contributed by atoms with E-state index in [-0.39, 0.29) is 10.6 Å². The van der Waals surface area contributed by atoms with Crippen LogP contribution in [0.5, 0.6) is 0 Å². The first kappa shape index (κ1) is 12.6. The van der Waals surface area contributed by atoms with Crippen molar-refractivity contribution < 1.29 is 4.92 Å². The van der Waals surface area contributed by atoms with Crippen LogP contribution >= 0.6 is 0 Å². The topological polar surface area (TPSA) is 77.1 Å². The summed E-state index contributed by atoms with van der Waals surface area (Å²) >= 11 is 0. The number of pyridine rings is 1. The van der Waals surface area contributed by atoms with Crippen LogP contribution in [0.2, 0.25) is 0 Å². The van der Waals surface area contributed by atoms with Gasteiger partial charge in [-0.25, -0.2) is 9.97 Å². The van der Waals surface area contributed by atoms with Crippen molar-refractivity contribution in [3.8, 4) is 0 Å². The minimum atomic E-state index is -0.371. The first-order valence-corrected chi connectivity index (χ1v) is 6.57. The van der Waals surface area contributed by atoms with Gasteiger partial charge in [0.1, 0.15) is 0 Å². The van der Waals surface area contributed by atoms with Gasteiger partial charge < -0.3 is 9.47 Å². The van der Waals surface area contributed by atoms with Gasteiger partial charge in [0.15, 0.2) is 0 Å². The van der Waals surface area contributed by atoms with Crippen molar-refractivity contribution in [2.75, 3.05) is 18.0 Å². The number of hydrogen-bond donors (Lipinski definition) is 0. The average molecular weight is 273 g/mol. The van der Waals surface area contributed by atoms with E-state index in [0.717, 1.165) is 25.9 Å². The molecule has 1 saturated heterocycles. The number of hydrogen-bond acceptors (Lipinski definition) is 5. The third-order valence-electron chi connectivity index (χ3n) is 3.67. The minimum absolute atomic E-state index is 0.0774. The minimum Gasteiger partial charge on any atom is -0.351 e. The summed E-state index contributed by atoms with van der Waals surface area (Å²) in [5.41, 5.74) is 0.0774. The summed E-state index contributed by atoms with van der Waals surface area (Å²) in [6, 6.07) is 3.51. The van der Waals surface area contributed by atoms with Gasteiger partial charge in [-0.3, -0.25) is 10.1 Å². The van der Waals surface area contributed by atoms with Crippen molar-refractivity contribution in [2.24, 2.45) is 0 Å². The Morgan fingerprint density at radius 1 is 1.30 bits per heavy atom. The molecule has 1 aliphatic heterocycles. The molecular formula is C13H15N5O2. The molecule has 0 bridgehead atoms. The molecule has 3 rings (SSSR count). The molecule has 0 aromatic carbocycles. The number of nitrogens with zero attached hydrogens (tertiary/aromatic N) is 5. The molecule has 0 atom stereocenters. The molecule has 1 aliphatic rings. The first-order chi connectivity index (χ1) is 9.75. The van der Waals surface area contributed by atoms with Crippen molar-refractivity contribution in [1.82, 2.24) is 14.5 Å². The van der Waals surface area contributed by atoms with Crippen LogP contribution in [0.3, 0.4) is 0 Å². The van der Waals surface area contributed by atoms with Gasteiger partial charge >= 0.3 is 5.69 Å². The van der Waals surface area contributed by atoms with E-state index in [1.165, 1.54) is 6.07 Å². The Hall–Kier alpha value is -2.44. The van der Waals surface area contributed by atoms with Crippen molar-refractivity contribution in [1.29, 1.82) is 0 Å². The van der Waals surface area contributed by atoms with Crippen molar-refractivity contribution in [3.05, 3.63) is 47.2 Å². The van der Waals surface area contributed by atoms with E-state index < -0.39 is 0 Å². The van der Waals surface area contributed by atoms with Gasteiger partial charge in [0.05, 0.1) is 11.3 Å². The third kappa shape index (κ3) is 2.34. The highest BCUT2D eigenvalue weighted by molar-refractivity contribution is 5.57. The van der Waals surface area contributed by atoms with E-state index in [4.69, 9.17) is 0 Å². The standard InChI is InChI=1S/C13H15N5O2/c19-18(20)12-2-1-5-15-13(12)16-7-3-11(4-8-16)17-9-6-14-10-17/h1-2,5-6,9-11H,3-4,7-8H2. The number of anilines is 1. The predicted octanol–water partition coefficient (Wildman–Crippen LogP) is 2.03. The molecular weight excluding hydrogens is 258 g/mol. The smallest absolute Gasteiger partial charge is 0.311 e. The fourth-order valence-electron chi connectivity index (χ4n) is 2.64. The van der Waals surface area contributed by atoms with Crippen LogP contribution in [0.1, 0.15) is 18.9 Å². The molecule has 7 nitrogen and oxygen atoms in total. The number of nitro groups is 1. The summed E-state index contributed by atoms with van der Waals surface area (Å²) in [6.07, 6.45) is 9.03. The van der Waals surface area contributed by atoms with Gasteiger partial charge in [-0.2, -0.15) is 0 Å². The lowest BCUT2D eigenvalue weighted by atomic mass is 10.0. The lowest BCUT2D eigenvalue weighted by Gasteiger charge is -2.32. The van der Waals surface area contributed by atoms with Crippen molar-refractivity contribution >= 4 is 11.5 Å². The summed E-state index contributed by atoms with van der Waals surface area (Å²) in [4.78, 5) is 20.9. The number of rotatable bonds is 3. The molecule has 0 saturated carbocycles. The molecule has 0 N–H and O–H groups in total. The van der Waals surface area contributed by atoms with E-state index in [9.17, 15) is 10.1 Å². The number of piperidine rings is 1. The molecule has 3 heterocycles. The zero-order chi connectivity index (χ0) is 13.9. The third-order valence-corrected chi connectivity index (χ3v) is 3.67. The lowest BCUT2D eigenvalue weighted by molar-refractivity contribution is -0.384. The van der Waals surface area contributed by atoms with Crippen LogP contribution in [-0.4, -0.2) is 32.5 Å². The fourth-order valence-corrected chi connectivity index (χ4v) is 2.64. The predicted molar refractivity (Wildman–Crippen MR) is 73.6 cm³/mol. The Morgan fingerprint density at radius 3 is 2.75 bits per heavy atom. The molecule has 2 aromatic rings. The highest BCUT2D eigenvalue weighted by Gasteiger charge is 2.26. The second kappa shape index (κ2) is 5.28. The van der Waals surface area contributed by atoms with Crippen molar-refractivity contribution in [2.45, 2.75) is 18.9 Å². The largest absolute Gasteiger partial charge is 0.351 e. The van der Waals surface area contributed by atoms with Gasteiger partial charge in [0, 0.05) is 43.8 Å². The van der Waals surface area contributed by atoms with E-state index in [0.29, 0.717) is 11.9 Å². The molecule has 104 valence electrons. The molecule has 0 unspecified atom stereocenters. The van der Waals surface area contributed by atoms with E-state index in [1.54, 1.807) is 18.5 Å². The Balaban J connectivity index is 1.74. The second-order valence-corrected chi connectivity index (χ2v) is 4.83. The maximum Gasteiger partial charge on any atom is 0.311 e. The van der Waals surface area contributed by atoms with E-state index >= 15 is 0 Å². The highest BCUT2D eigenvalue weighted by atomic mass is 16.6. The van der Waals surface area contributed by atoms with Crippen molar-refractivity contribution in [3.63, 3.8) is 0 Å². The van der Waals surface area contributed by atoms with Gasteiger partial charge in [-0.15, -0.1) is 0 Å². The van der Waals surface area contributed by atoms with Gasteiger partial charge in [-0.05, 0) is 18.9 Å². The molecule has 0 radical (unpaired) electrons. The number of imidazole rings is 1. The van der Waals surface area contributed by atoms with Gasteiger partial charge in [0.2, 0.25) is 5.82 Å². The van der Waals surface area contributed by atoms with Crippen LogP contribution in [-0.2, 0) is 0 Å². The molecule has 0 spiro atoms. The Morgan fingerprint density at radius 2 is 2.10 bits per heavy atom. The molecule has 2 aromatic heterocycles. The Kier molecular flexibility index (Phi) is 3.32. The number of aromatic nitrogens is 3. The maximum atomic E-state index is 11.0. The normalized spacial score (nSPS) is 16.3. The van der Waals surface area contributed by atoms with Crippen LogP contribution in [0.15, 0.2) is 37.1 Å². The van der Waals surface area contributed by atoms with Crippen LogP contribution in [0.4, 0.5) is 11.5 Å². The van der Waals surface area contributed by atoms with Crippen LogP contribution in [0, 0.1) is 10.1 Å². The lowest BCUT2D eigenvalue weighted by Crippen LogP contribution is -2.35. The average Bonchev–Trinajstić information content (AvgIpc) is 3.02. The van der Waals surface area contributed by atoms with Crippen LogP contribution in [0.25, 0.3) is 0 Å². The summed E-state index contributed by atoms with van der Waals surface area (Å²) < 4.78 is 2.10. The molecule has 1 fully saturated rings. The Labute approximate surface area is 116 Å². The Bertz CT molecular complexity index is 591. The van der Waals surface area contributed by atoms with Gasteiger partial charge in [-0.1, -0.05) is 0 Å². The highest BCUT2D eigenvalue weighted by Crippen LogP contribution is 2.30.